The van der Waals surface area contributed by atoms with E-state index in [-0.39, 0.29) is 11.3 Å². The molecule has 0 spiro atoms. The number of aliphatic hydroxyl groups is 1. The minimum Gasteiger partial charge on any atom is -0.506 e. The molecule has 0 radical (unpaired) electrons. The number of phenolic OH excluding ortho intramolecular Hbond substituents is 1. The van der Waals surface area contributed by atoms with Crippen molar-refractivity contribution < 1.29 is 29.2 Å². The molecule has 44 heavy (non-hydrogen) atoms. The van der Waals surface area contributed by atoms with Gasteiger partial charge < -0.3 is 35.7 Å². The van der Waals surface area contributed by atoms with Gasteiger partial charge in [-0.15, -0.1) is 0 Å². The van der Waals surface area contributed by atoms with Crippen molar-refractivity contribution in [3.05, 3.63) is 99.9 Å². The van der Waals surface area contributed by atoms with Gasteiger partial charge in [0, 0.05) is 29.8 Å². The van der Waals surface area contributed by atoms with Crippen molar-refractivity contribution in [3.8, 4) is 11.5 Å². The van der Waals surface area contributed by atoms with E-state index in [4.69, 9.17) is 4.74 Å². The average Bonchev–Trinajstić information content (AvgIpc) is 3.00. The van der Waals surface area contributed by atoms with E-state index in [9.17, 15) is 29.3 Å². The number of fused-ring (bicyclic) bond motifs is 1. The maximum absolute atomic E-state index is 13.7. The van der Waals surface area contributed by atoms with Gasteiger partial charge in [0.05, 0.1) is 30.5 Å². The van der Waals surface area contributed by atoms with Crippen LogP contribution in [0.4, 0.5) is 9.18 Å². The Kier molecular flexibility index (Phi) is 12.1. The van der Waals surface area contributed by atoms with Gasteiger partial charge in [-0.05, 0) is 60.8 Å². The third-order valence-electron chi connectivity index (χ3n) is 7.39. The first-order valence-electron chi connectivity index (χ1n) is 14.9. The number of carbonyl (C=O) groups is 1. The molecule has 11 heteroatoms. The number of carboxylic acid groups (broad SMARTS) is 1. The number of unbranched alkanes of at least 4 members (excludes halogenated alkanes) is 6. The van der Waals surface area contributed by atoms with Gasteiger partial charge in [0.1, 0.15) is 17.3 Å². The van der Waals surface area contributed by atoms with Crippen LogP contribution in [0.15, 0.2) is 71.8 Å². The summed E-state index contributed by atoms with van der Waals surface area (Å²) in [7, 11) is 0. The zero-order valence-corrected chi connectivity index (χ0v) is 24.5. The molecule has 6 N–H and O–H groups in total. The lowest BCUT2D eigenvalue weighted by molar-refractivity contribution is 0.176. The molecule has 1 amide bonds. The summed E-state index contributed by atoms with van der Waals surface area (Å²) >= 11 is 0. The number of nitrogens with zero attached hydrogens (tertiary/aromatic N) is 1. The molecular formula is C33H39FN4O6. The fourth-order valence-electron chi connectivity index (χ4n) is 5.17. The zero-order valence-electron chi connectivity index (χ0n) is 24.5. The Morgan fingerprint density at radius 2 is 1.73 bits per heavy atom. The molecule has 1 unspecified atom stereocenters. The molecule has 0 saturated carbocycles. The van der Waals surface area contributed by atoms with Crippen molar-refractivity contribution >= 4 is 17.0 Å². The van der Waals surface area contributed by atoms with Gasteiger partial charge in [-0.2, -0.15) is 0 Å². The highest BCUT2D eigenvalue weighted by atomic mass is 19.1. The number of halogens is 1. The van der Waals surface area contributed by atoms with Crippen LogP contribution < -0.4 is 20.9 Å². The number of aromatic amines is 1. The highest BCUT2D eigenvalue weighted by Crippen LogP contribution is 2.29. The monoisotopic (exact) mass is 606 g/mol. The Labute approximate surface area is 254 Å². The van der Waals surface area contributed by atoms with Crippen molar-refractivity contribution in [2.24, 2.45) is 0 Å². The molecule has 2 aromatic heterocycles. The van der Waals surface area contributed by atoms with E-state index >= 15 is 0 Å². The van der Waals surface area contributed by atoms with Gasteiger partial charge in [-0.1, -0.05) is 50.3 Å². The predicted molar refractivity (Wildman–Crippen MR) is 166 cm³/mol. The second kappa shape index (κ2) is 16.4. The number of nitrogens with one attached hydrogen (secondary N) is 3. The number of aromatic hydroxyl groups is 1. The summed E-state index contributed by atoms with van der Waals surface area (Å²) in [6.45, 7) is 1.67. The van der Waals surface area contributed by atoms with E-state index in [0.29, 0.717) is 46.5 Å². The summed E-state index contributed by atoms with van der Waals surface area (Å²) < 4.78 is 19.6. The molecule has 0 aliphatic rings. The second-order valence-corrected chi connectivity index (χ2v) is 10.7. The van der Waals surface area contributed by atoms with Crippen LogP contribution in [0.25, 0.3) is 10.9 Å². The van der Waals surface area contributed by atoms with E-state index in [1.807, 2.05) is 0 Å². The molecule has 0 aliphatic heterocycles. The molecule has 0 aliphatic carbocycles. The SMILES string of the molecule is O=C(O)NC(c1cccc(F)c1)c1cncc(OCCCCCCCCCNC[C@H](O)c2ccc(O)c3[nH]c(=O)ccc23)c1. The van der Waals surface area contributed by atoms with Crippen molar-refractivity contribution in [2.45, 2.75) is 57.1 Å². The molecule has 2 aromatic carbocycles. The summed E-state index contributed by atoms with van der Waals surface area (Å²) in [6.07, 6.45) is 8.44. The van der Waals surface area contributed by atoms with Gasteiger partial charge >= 0.3 is 6.09 Å². The molecule has 4 aromatic rings. The Bertz CT molecular complexity index is 1580. The first kappa shape index (κ1) is 32.4. The van der Waals surface area contributed by atoms with E-state index < -0.39 is 24.1 Å². The first-order valence-corrected chi connectivity index (χ1v) is 14.9. The summed E-state index contributed by atoms with van der Waals surface area (Å²) in [5.74, 6) is 0.0525. The number of phenols is 1. The molecule has 4 rings (SSSR count). The number of aliphatic hydroxyl groups excluding tert-OH is 1. The van der Waals surface area contributed by atoms with Gasteiger partial charge in [0.15, 0.2) is 0 Å². The van der Waals surface area contributed by atoms with Crippen LogP contribution in [0, 0.1) is 5.82 Å². The normalized spacial score (nSPS) is 12.6. The Morgan fingerprint density at radius 1 is 0.955 bits per heavy atom. The molecular weight excluding hydrogens is 567 g/mol. The third kappa shape index (κ3) is 9.51. The molecule has 10 nitrogen and oxygen atoms in total. The first-order chi connectivity index (χ1) is 21.3. The largest absolute Gasteiger partial charge is 0.506 e. The maximum Gasteiger partial charge on any atom is 0.405 e. The smallest absolute Gasteiger partial charge is 0.405 e. The number of pyridine rings is 2. The Morgan fingerprint density at radius 3 is 2.50 bits per heavy atom. The van der Waals surface area contributed by atoms with E-state index in [1.165, 1.54) is 36.5 Å². The number of hydrogen-bond donors (Lipinski definition) is 6. The van der Waals surface area contributed by atoms with Crippen LogP contribution in [0.1, 0.15) is 73.8 Å². The maximum atomic E-state index is 13.7. The van der Waals surface area contributed by atoms with Gasteiger partial charge in [0.25, 0.3) is 0 Å². The molecule has 234 valence electrons. The molecule has 2 atom stereocenters. The molecule has 0 saturated heterocycles. The number of aromatic nitrogens is 2. The topological polar surface area (TPSA) is 157 Å². The van der Waals surface area contributed by atoms with Crippen LogP contribution in [-0.4, -0.2) is 51.1 Å². The molecule has 0 bridgehead atoms. The Balaban J connectivity index is 1.08. The van der Waals surface area contributed by atoms with E-state index in [0.717, 1.165) is 51.5 Å². The lowest BCUT2D eigenvalue weighted by Gasteiger charge is -2.18. The van der Waals surface area contributed by atoms with Gasteiger partial charge in [-0.25, -0.2) is 9.18 Å². The zero-order chi connectivity index (χ0) is 31.3. The Hall–Kier alpha value is -4.48. The van der Waals surface area contributed by atoms with E-state index in [1.54, 1.807) is 30.5 Å². The van der Waals surface area contributed by atoms with Crippen LogP contribution in [0.2, 0.25) is 0 Å². The predicted octanol–water partition coefficient (Wildman–Crippen LogP) is 5.56. The highest BCUT2D eigenvalue weighted by Gasteiger charge is 2.18. The van der Waals surface area contributed by atoms with Gasteiger partial charge in [-0.3, -0.25) is 9.78 Å². The van der Waals surface area contributed by atoms with Crippen molar-refractivity contribution in [2.75, 3.05) is 19.7 Å². The quantitative estimate of drug-likeness (QED) is 0.0854. The lowest BCUT2D eigenvalue weighted by atomic mass is 10.00. The number of benzene rings is 2. The summed E-state index contributed by atoms with van der Waals surface area (Å²) in [5, 5.41) is 36.3. The van der Waals surface area contributed by atoms with Gasteiger partial charge in [0.2, 0.25) is 5.56 Å². The summed E-state index contributed by atoms with van der Waals surface area (Å²) in [5.41, 5.74) is 1.70. The fourth-order valence-corrected chi connectivity index (χ4v) is 5.17. The van der Waals surface area contributed by atoms with Crippen LogP contribution in [0.3, 0.4) is 0 Å². The van der Waals surface area contributed by atoms with Crippen LogP contribution in [0.5, 0.6) is 11.5 Å². The number of amides is 1. The standard InChI is InChI=1S/C33H39FN4O6/c34-24-10-8-9-22(17-24)31(38-33(42)43)23-18-25(20-36-19-23)44-16-7-5-3-1-2-4-6-15-35-21-29(40)26-11-13-28(39)32-27(26)12-14-30(41)37-32/h8-14,17-20,29,31,35,38-40H,1-7,15-16,21H2,(H,37,41)(H,42,43)/t29-,31?/m0/s1. The highest BCUT2D eigenvalue weighted by molar-refractivity contribution is 5.87. The number of rotatable bonds is 17. The summed E-state index contributed by atoms with van der Waals surface area (Å²) in [6, 6.07) is 12.9. The average molecular weight is 607 g/mol. The van der Waals surface area contributed by atoms with Crippen LogP contribution >= 0.6 is 0 Å². The number of H-pyrrole nitrogens is 1. The molecule has 2 heterocycles. The van der Waals surface area contributed by atoms with Crippen LogP contribution in [-0.2, 0) is 0 Å². The number of ether oxygens (including phenoxy) is 1. The second-order valence-electron chi connectivity index (χ2n) is 10.7. The van der Waals surface area contributed by atoms with Crippen molar-refractivity contribution in [1.29, 1.82) is 0 Å². The van der Waals surface area contributed by atoms with Crippen molar-refractivity contribution in [3.63, 3.8) is 0 Å². The lowest BCUT2D eigenvalue weighted by Crippen LogP contribution is -2.27. The number of hydrogen-bond acceptors (Lipinski definition) is 7. The minimum absolute atomic E-state index is 0.0270. The molecule has 0 fully saturated rings. The van der Waals surface area contributed by atoms with Crippen molar-refractivity contribution in [1.82, 2.24) is 20.6 Å². The minimum atomic E-state index is -1.22. The fraction of sp³-hybridized carbons (Fsp3) is 0.364. The third-order valence-corrected chi connectivity index (χ3v) is 7.39. The van der Waals surface area contributed by atoms with E-state index in [2.05, 4.69) is 20.6 Å². The summed E-state index contributed by atoms with van der Waals surface area (Å²) in [4.78, 5) is 29.7.